The van der Waals surface area contributed by atoms with E-state index in [0.29, 0.717) is 12.5 Å². The molecule has 128 valence electrons. The fourth-order valence-corrected chi connectivity index (χ4v) is 3.69. The van der Waals surface area contributed by atoms with Gasteiger partial charge in [0.15, 0.2) is 0 Å². The molecule has 1 aliphatic carbocycles. The molecule has 2 heterocycles. The average molecular weight is 320 g/mol. The first-order chi connectivity index (χ1) is 11.1. The molecule has 23 heavy (non-hydrogen) atoms. The second kappa shape index (κ2) is 7.45. The van der Waals surface area contributed by atoms with Gasteiger partial charge in [0.25, 0.3) is 0 Å². The summed E-state index contributed by atoms with van der Waals surface area (Å²) in [6.45, 7) is 2.52. The van der Waals surface area contributed by atoms with Crippen LogP contribution in [0.4, 0.5) is 0 Å². The maximum atomic E-state index is 12.5. The Morgan fingerprint density at radius 2 is 2.04 bits per heavy atom. The first kappa shape index (κ1) is 16.5. The van der Waals surface area contributed by atoms with E-state index >= 15 is 0 Å². The summed E-state index contributed by atoms with van der Waals surface area (Å²) in [6.07, 6.45) is 9.99. The summed E-state index contributed by atoms with van der Waals surface area (Å²) in [5.74, 6) is 0.393. The molecule has 1 aromatic heterocycles. The highest BCUT2D eigenvalue weighted by Gasteiger charge is 2.36. The summed E-state index contributed by atoms with van der Waals surface area (Å²) in [6, 6.07) is -0.0356. The molecule has 2 aliphatic rings. The van der Waals surface area contributed by atoms with Gasteiger partial charge >= 0.3 is 0 Å². The van der Waals surface area contributed by atoms with E-state index in [0.717, 1.165) is 31.5 Å². The summed E-state index contributed by atoms with van der Waals surface area (Å²) in [5, 5.41) is 17.0. The molecule has 6 nitrogen and oxygen atoms in total. The third-order valence-electron chi connectivity index (χ3n) is 5.09. The van der Waals surface area contributed by atoms with Crippen LogP contribution in [0.1, 0.15) is 50.1 Å². The quantitative estimate of drug-likeness (QED) is 0.856. The van der Waals surface area contributed by atoms with Crippen molar-refractivity contribution < 1.29 is 9.90 Å². The lowest BCUT2D eigenvalue weighted by atomic mass is 9.75. The Kier molecular flexibility index (Phi) is 5.33. The molecule has 1 saturated heterocycles. The van der Waals surface area contributed by atoms with E-state index in [-0.39, 0.29) is 18.1 Å². The van der Waals surface area contributed by atoms with Gasteiger partial charge in [-0.05, 0) is 44.7 Å². The predicted octanol–water partition coefficient (Wildman–Crippen LogP) is 1.22. The standard InChI is InChI=1S/C17H28N4O2/c1-20-11-14(10-18-20)17(13-8-15(22)9-13)19-16(23)12-21-6-4-2-3-5-7-21/h10-11,13,15,17,22H,2-9,12H2,1H3,(H,19,23)/t13?,15?,17-/m1/s1. The van der Waals surface area contributed by atoms with Crippen molar-refractivity contribution in [2.24, 2.45) is 13.0 Å². The topological polar surface area (TPSA) is 70.4 Å². The minimum Gasteiger partial charge on any atom is -0.393 e. The SMILES string of the molecule is Cn1cc([C@H](NC(=O)CN2CCCCCC2)C2CC(O)C2)cn1. The number of hydrogen-bond acceptors (Lipinski definition) is 4. The number of carbonyl (C=O) groups is 1. The second-order valence-corrected chi connectivity index (χ2v) is 7.07. The number of amides is 1. The maximum Gasteiger partial charge on any atom is 0.234 e. The first-order valence-electron chi connectivity index (χ1n) is 8.80. The first-order valence-corrected chi connectivity index (χ1v) is 8.80. The molecule has 1 aliphatic heterocycles. The highest BCUT2D eigenvalue weighted by atomic mass is 16.3. The number of likely N-dealkylation sites (tertiary alicyclic amines) is 1. The van der Waals surface area contributed by atoms with Crippen molar-refractivity contribution in [3.05, 3.63) is 18.0 Å². The van der Waals surface area contributed by atoms with Gasteiger partial charge in [0, 0.05) is 18.8 Å². The molecule has 2 fully saturated rings. The number of nitrogens with one attached hydrogen (secondary N) is 1. The molecule has 2 N–H and O–H groups in total. The zero-order valence-electron chi connectivity index (χ0n) is 13.9. The Bertz CT molecular complexity index is 516. The molecular weight excluding hydrogens is 292 g/mol. The van der Waals surface area contributed by atoms with Gasteiger partial charge in [-0.2, -0.15) is 5.10 Å². The highest BCUT2D eigenvalue weighted by molar-refractivity contribution is 5.78. The molecule has 0 aromatic carbocycles. The molecule has 1 amide bonds. The Balaban J connectivity index is 1.59. The number of aromatic nitrogens is 2. The zero-order chi connectivity index (χ0) is 16.2. The second-order valence-electron chi connectivity index (χ2n) is 7.07. The number of aliphatic hydroxyl groups is 1. The monoisotopic (exact) mass is 320 g/mol. The number of hydrogen-bond donors (Lipinski definition) is 2. The third kappa shape index (κ3) is 4.32. The van der Waals surface area contributed by atoms with Crippen molar-refractivity contribution in [3.63, 3.8) is 0 Å². The summed E-state index contributed by atoms with van der Waals surface area (Å²) in [5.41, 5.74) is 1.04. The lowest BCUT2D eigenvalue weighted by molar-refractivity contribution is -0.124. The van der Waals surface area contributed by atoms with Crippen LogP contribution >= 0.6 is 0 Å². The van der Waals surface area contributed by atoms with Crippen molar-refractivity contribution in [1.29, 1.82) is 0 Å². The molecular formula is C17H28N4O2. The molecule has 0 radical (unpaired) electrons. The summed E-state index contributed by atoms with van der Waals surface area (Å²) >= 11 is 0. The van der Waals surface area contributed by atoms with Crippen LogP contribution in [0.5, 0.6) is 0 Å². The summed E-state index contributed by atoms with van der Waals surface area (Å²) < 4.78 is 1.76. The van der Waals surface area contributed by atoms with Crippen LogP contribution in [0.15, 0.2) is 12.4 Å². The van der Waals surface area contributed by atoms with Crippen LogP contribution < -0.4 is 5.32 Å². The fourth-order valence-electron chi connectivity index (χ4n) is 3.69. The molecule has 0 bridgehead atoms. The lowest BCUT2D eigenvalue weighted by Crippen LogP contribution is -2.44. The summed E-state index contributed by atoms with van der Waals surface area (Å²) in [4.78, 5) is 14.8. The molecule has 6 heteroatoms. The Labute approximate surface area is 137 Å². The lowest BCUT2D eigenvalue weighted by Gasteiger charge is -2.38. The molecule has 3 rings (SSSR count). The van der Waals surface area contributed by atoms with Crippen molar-refractivity contribution in [2.45, 2.75) is 50.7 Å². The zero-order valence-corrected chi connectivity index (χ0v) is 13.9. The van der Waals surface area contributed by atoms with Gasteiger partial charge in [0.2, 0.25) is 5.91 Å². The van der Waals surface area contributed by atoms with E-state index in [1.807, 2.05) is 19.4 Å². The molecule has 1 aromatic rings. The number of rotatable bonds is 5. The highest BCUT2D eigenvalue weighted by Crippen LogP contribution is 2.37. The van der Waals surface area contributed by atoms with Gasteiger partial charge in [0.1, 0.15) is 0 Å². The van der Waals surface area contributed by atoms with Gasteiger partial charge in [-0.1, -0.05) is 12.8 Å². The van der Waals surface area contributed by atoms with E-state index in [9.17, 15) is 9.90 Å². The number of carbonyl (C=O) groups excluding carboxylic acids is 1. The van der Waals surface area contributed by atoms with Crippen molar-refractivity contribution in [1.82, 2.24) is 20.0 Å². The van der Waals surface area contributed by atoms with E-state index in [2.05, 4.69) is 15.3 Å². The normalized spacial score (nSPS) is 27.0. The van der Waals surface area contributed by atoms with Crippen molar-refractivity contribution in [2.75, 3.05) is 19.6 Å². The van der Waals surface area contributed by atoms with Crippen LogP contribution in [0.25, 0.3) is 0 Å². The molecule has 1 atom stereocenters. The minimum absolute atomic E-state index is 0.0356. The number of aryl methyl sites for hydroxylation is 1. The van der Waals surface area contributed by atoms with E-state index in [4.69, 9.17) is 0 Å². The van der Waals surface area contributed by atoms with Crippen LogP contribution in [0, 0.1) is 5.92 Å². The Morgan fingerprint density at radius 3 is 2.61 bits per heavy atom. The van der Waals surface area contributed by atoms with Crippen LogP contribution in [-0.2, 0) is 11.8 Å². The average Bonchev–Trinajstić information content (AvgIpc) is 2.75. The van der Waals surface area contributed by atoms with E-state index in [1.165, 1.54) is 25.7 Å². The predicted molar refractivity (Wildman–Crippen MR) is 87.7 cm³/mol. The smallest absolute Gasteiger partial charge is 0.234 e. The van der Waals surface area contributed by atoms with Crippen molar-refractivity contribution >= 4 is 5.91 Å². The Morgan fingerprint density at radius 1 is 1.35 bits per heavy atom. The molecule has 0 unspecified atom stereocenters. The number of aliphatic hydroxyl groups excluding tert-OH is 1. The fraction of sp³-hybridized carbons (Fsp3) is 0.765. The third-order valence-corrected chi connectivity index (χ3v) is 5.09. The maximum absolute atomic E-state index is 12.5. The molecule has 1 saturated carbocycles. The Hall–Kier alpha value is -1.40. The largest absolute Gasteiger partial charge is 0.393 e. The number of nitrogens with zero attached hydrogens (tertiary/aromatic N) is 3. The summed E-state index contributed by atoms with van der Waals surface area (Å²) in [7, 11) is 1.88. The van der Waals surface area contributed by atoms with Crippen LogP contribution in [0.3, 0.4) is 0 Å². The van der Waals surface area contributed by atoms with Gasteiger partial charge in [-0.25, -0.2) is 0 Å². The van der Waals surface area contributed by atoms with Gasteiger partial charge in [-0.15, -0.1) is 0 Å². The van der Waals surface area contributed by atoms with Gasteiger partial charge < -0.3 is 10.4 Å². The van der Waals surface area contributed by atoms with E-state index < -0.39 is 0 Å². The van der Waals surface area contributed by atoms with E-state index in [1.54, 1.807) is 4.68 Å². The van der Waals surface area contributed by atoms with Gasteiger partial charge in [0.05, 0.1) is 24.9 Å². The van der Waals surface area contributed by atoms with Crippen LogP contribution in [0.2, 0.25) is 0 Å². The van der Waals surface area contributed by atoms with Crippen molar-refractivity contribution in [3.8, 4) is 0 Å². The minimum atomic E-state index is -0.221. The van der Waals surface area contributed by atoms with Crippen LogP contribution in [-0.4, -0.2) is 51.4 Å². The van der Waals surface area contributed by atoms with Gasteiger partial charge in [-0.3, -0.25) is 14.4 Å². The molecule has 0 spiro atoms.